The van der Waals surface area contributed by atoms with Crippen molar-refractivity contribution in [1.29, 1.82) is 0 Å². The first-order valence-electron chi connectivity index (χ1n) is 7.51. The van der Waals surface area contributed by atoms with Crippen molar-refractivity contribution in [3.05, 3.63) is 22.8 Å². The van der Waals surface area contributed by atoms with E-state index in [2.05, 4.69) is 20.4 Å². The van der Waals surface area contributed by atoms with E-state index < -0.39 is 12.0 Å². The fourth-order valence-corrected chi connectivity index (χ4v) is 2.35. The minimum atomic E-state index is -4.63. The molecule has 10 heteroatoms. The summed E-state index contributed by atoms with van der Waals surface area (Å²) in [5.41, 5.74) is 7.07. The van der Waals surface area contributed by atoms with Crippen LogP contribution in [0.25, 0.3) is 5.78 Å². The molecule has 0 bridgehead atoms. The number of alkyl halides is 3. The summed E-state index contributed by atoms with van der Waals surface area (Å²) >= 11 is 0. The molecule has 1 amide bonds. The highest BCUT2D eigenvalue weighted by atomic mass is 19.4. The molecule has 0 aliphatic rings. The zero-order valence-corrected chi connectivity index (χ0v) is 13.4. The van der Waals surface area contributed by atoms with Gasteiger partial charge in [0.25, 0.3) is 11.6 Å². The van der Waals surface area contributed by atoms with E-state index in [9.17, 15) is 18.0 Å². The minimum absolute atomic E-state index is 0.103. The van der Waals surface area contributed by atoms with Gasteiger partial charge in [-0.25, -0.2) is 9.50 Å². The Labute approximate surface area is 136 Å². The molecule has 0 unspecified atom stereocenters. The molecule has 2 heterocycles. The number of aromatic nitrogens is 4. The monoisotopic (exact) mass is 344 g/mol. The van der Waals surface area contributed by atoms with Crippen molar-refractivity contribution in [1.82, 2.24) is 24.9 Å². The summed E-state index contributed by atoms with van der Waals surface area (Å²) in [6, 6.07) is 0. The van der Waals surface area contributed by atoms with Crippen molar-refractivity contribution in [3.8, 4) is 0 Å². The Balaban J connectivity index is 2.20. The average Bonchev–Trinajstić information content (AvgIpc) is 2.91. The van der Waals surface area contributed by atoms with Crippen molar-refractivity contribution >= 4 is 11.7 Å². The third-order valence-electron chi connectivity index (χ3n) is 3.61. The number of rotatable bonds is 6. The fourth-order valence-electron chi connectivity index (χ4n) is 2.35. The maximum Gasteiger partial charge on any atom is 0.453 e. The lowest BCUT2D eigenvalue weighted by molar-refractivity contribution is -0.144. The highest BCUT2D eigenvalue weighted by molar-refractivity contribution is 5.76. The highest BCUT2D eigenvalue weighted by Gasteiger charge is 2.36. The predicted molar refractivity (Wildman–Crippen MR) is 80.3 cm³/mol. The van der Waals surface area contributed by atoms with Gasteiger partial charge in [-0.2, -0.15) is 18.2 Å². The van der Waals surface area contributed by atoms with E-state index in [1.54, 1.807) is 13.8 Å². The SMILES string of the molecule is Cc1nc2nc(C(F)(F)F)nn2c(C)c1CCC(=O)NCCCN. The second-order valence-electron chi connectivity index (χ2n) is 5.40. The third-order valence-corrected chi connectivity index (χ3v) is 3.61. The standard InChI is InChI=1S/C14H19F3N6O/c1-8-10(4-5-11(24)19-7-3-6-18)9(2)23-13(20-8)21-12(22-23)14(15,16)17/h3-7,18H2,1-2H3,(H,19,24). The van der Waals surface area contributed by atoms with Gasteiger partial charge in [0.05, 0.1) is 0 Å². The van der Waals surface area contributed by atoms with E-state index in [0.29, 0.717) is 42.9 Å². The average molecular weight is 344 g/mol. The summed E-state index contributed by atoms with van der Waals surface area (Å²) in [6.45, 7) is 4.31. The van der Waals surface area contributed by atoms with Crippen molar-refractivity contribution in [2.75, 3.05) is 13.1 Å². The lowest BCUT2D eigenvalue weighted by atomic mass is 10.1. The number of fused-ring (bicyclic) bond motifs is 1. The maximum atomic E-state index is 12.7. The van der Waals surface area contributed by atoms with Crippen molar-refractivity contribution in [3.63, 3.8) is 0 Å². The topological polar surface area (TPSA) is 98.2 Å². The zero-order chi connectivity index (χ0) is 17.9. The first kappa shape index (κ1) is 18.1. The molecule has 2 aromatic heterocycles. The van der Waals surface area contributed by atoms with Gasteiger partial charge in [0.15, 0.2) is 0 Å². The Morgan fingerprint density at radius 1 is 1.29 bits per heavy atom. The molecule has 0 saturated heterocycles. The van der Waals surface area contributed by atoms with Gasteiger partial charge in [0.1, 0.15) is 0 Å². The quantitative estimate of drug-likeness (QED) is 0.766. The summed E-state index contributed by atoms with van der Waals surface area (Å²) in [4.78, 5) is 19.2. The van der Waals surface area contributed by atoms with Crippen molar-refractivity contribution in [2.24, 2.45) is 5.73 Å². The molecule has 0 aliphatic heterocycles. The number of carbonyl (C=O) groups excluding carboxylic acids is 1. The smallest absolute Gasteiger partial charge is 0.356 e. The van der Waals surface area contributed by atoms with Gasteiger partial charge >= 0.3 is 6.18 Å². The number of nitrogens with two attached hydrogens (primary N) is 1. The Kier molecular flexibility index (Phi) is 5.37. The maximum absolute atomic E-state index is 12.7. The molecular formula is C14H19F3N6O. The highest BCUT2D eigenvalue weighted by Crippen LogP contribution is 2.27. The van der Waals surface area contributed by atoms with Crippen LogP contribution < -0.4 is 11.1 Å². The van der Waals surface area contributed by atoms with E-state index in [0.717, 1.165) is 4.52 Å². The number of aryl methyl sites for hydroxylation is 2. The van der Waals surface area contributed by atoms with Gasteiger partial charge in [-0.3, -0.25) is 4.79 Å². The Bertz CT molecular complexity index is 740. The molecule has 0 aliphatic carbocycles. The number of halogens is 3. The zero-order valence-electron chi connectivity index (χ0n) is 13.4. The van der Waals surface area contributed by atoms with Gasteiger partial charge in [-0.05, 0) is 38.8 Å². The summed E-state index contributed by atoms with van der Waals surface area (Å²) in [7, 11) is 0. The summed E-state index contributed by atoms with van der Waals surface area (Å²) in [5, 5.41) is 6.21. The minimum Gasteiger partial charge on any atom is -0.356 e. The van der Waals surface area contributed by atoms with Crippen LogP contribution >= 0.6 is 0 Å². The molecule has 7 nitrogen and oxygen atoms in total. The first-order valence-corrected chi connectivity index (χ1v) is 7.51. The van der Waals surface area contributed by atoms with Crippen LogP contribution in [-0.2, 0) is 17.4 Å². The van der Waals surface area contributed by atoms with Crippen LogP contribution in [-0.4, -0.2) is 38.6 Å². The molecule has 0 saturated carbocycles. The van der Waals surface area contributed by atoms with Gasteiger partial charge in [0, 0.05) is 24.4 Å². The van der Waals surface area contributed by atoms with Crippen molar-refractivity contribution < 1.29 is 18.0 Å². The molecular weight excluding hydrogens is 325 g/mol. The van der Waals surface area contributed by atoms with E-state index >= 15 is 0 Å². The number of nitrogens with zero attached hydrogens (tertiary/aromatic N) is 4. The van der Waals surface area contributed by atoms with Crippen LogP contribution in [0.3, 0.4) is 0 Å². The Hall–Kier alpha value is -2.23. The Morgan fingerprint density at radius 3 is 2.62 bits per heavy atom. The van der Waals surface area contributed by atoms with Crippen LogP contribution in [0.4, 0.5) is 13.2 Å². The molecule has 0 fully saturated rings. The lowest BCUT2D eigenvalue weighted by Gasteiger charge is -2.10. The van der Waals surface area contributed by atoms with Crippen LogP contribution in [0, 0.1) is 13.8 Å². The molecule has 3 N–H and O–H groups in total. The second kappa shape index (κ2) is 7.12. The van der Waals surface area contributed by atoms with Crippen LogP contribution in [0.15, 0.2) is 0 Å². The van der Waals surface area contributed by atoms with E-state index in [4.69, 9.17) is 5.73 Å². The predicted octanol–water partition coefficient (Wildman–Crippen LogP) is 1.16. The summed E-state index contributed by atoms with van der Waals surface area (Å²) in [6.07, 6.45) is -3.37. The van der Waals surface area contributed by atoms with Gasteiger partial charge in [0.2, 0.25) is 5.91 Å². The van der Waals surface area contributed by atoms with E-state index in [1.165, 1.54) is 0 Å². The lowest BCUT2D eigenvalue weighted by Crippen LogP contribution is -2.26. The van der Waals surface area contributed by atoms with Crippen LogP contribution in [0.5, 0.6) is 0 Å². The third kappa shape index (κ3) is 3.99. The number of carbonyl (C=O) groups is 1. The summed E-state index contributed by atoms with van der Waals surface area (Å²) in [5.74, 6) is -1.47. The fraction of sp³-hybridized carbons (Fsp3) is 0.571. The molecule has 132 valence electrons. The number of hydrogen-bond donors (Lipinski definition) is 2. The van der Waals surface area contributed by atoms with E-state index in [-0.39, 0.29) is 18.1 Å². The number of hydrogen-bond acceptors (Lipinski definition) is 5. The molecule has 0 aromatic carbocycles. The molecule has 0 radical (unpaired) electrons. The van der Waals surface area contributed by atoms with Gasteiger partial charge in [-0.15, -0.1) is 5.10 Å². The number of nitrogens with one attached hydrogen (secondary N) is 1. The van der Waals surface area contributed by atoms with Crippen LogP contribution in [0.2, 0.25) is 0 Å². The van der Waals surface area contributed by atoms with Gasteiger partial charge < -0.3 is 11.1 Å². The first-order chi connectivity index (χ1) is 11.2. The Morgan fingerprint density at radius 2 is 2.00 bits per heavy atom. The normalized spacial score (nSPS) is 11.9. The summed E-state index contributed by atoms with van der Waals surface area (Å²) < 4.78 is 39.3. The van der Waals surface area contributed by atoms with Crippen molar-refractivity contribution in [2.45, 2.75) is 39.3 Å². The molecule has 2 rings (SSSR count). The molecule has 0 spiro atoms. The second-order valence-corrected chi connectivity index (χ2v) is 5.40. The molecule has 24 heavy (non-hydrogen) atoms. The largest absolute Gasteiger partial charge is 0.453 e. The van der Waals surface area contributed by atoms with Crippen LogP contribution in [0.1, 0.15) is 35.6 Å². The molecule has 2 aromatic rings. The molecule has 0 atom stereocenters. The number of amides is 1. The van der Waals surface area contributed by atoms with Gasteiger partial charge in [-0.1, -0.05) is 0 Å². The van der Waals surface area contributed by atoms with E-state index in [1.807, 2.05) is 0 Å².